The molecule has 1 saturated carbocycles. The highest BCUT2D eigenvalue weighted by atomic mass is 16.6. The van der Waals surface area contributed by atoms with Crippen molar-refractivity contribution in [3.63, 3.8) is 0 Å². The van der Waals surface area contributed by atoms with Crippen molar-refractivity contribution in [2.75, 3.05) is 7.11 Å². The minimum atomic E-state index is -0.361. The highest BCUT2D eigenvalue weighted by Crippen LogP contribution is 2.29. The number of hydrogen-bond acceptors (Lipinski definition) is 6. The van der Waals surface area contributed by atoms with Gasteiger partial charge in [0, 0.05) is 12.8 Å². The van der Waals surface area contributed by atoms with E-state index in [0.29, 0.717) is 30.4 Å². The van der Waals surface area contributed by atoms with Gasteiger partial charge in [-0.3, -0.25) is 4.79 Å². The molecule has 4 rings (SSSR count). The van der Waals surface area contributed by atoms with Crippen LogP contribution in [0.5, 0.6) is 0 Å². The first-order valence-corrected chi connectivity index (χ1v) is 10.8. The zero-order chi connectivity index (χ0) is 24.3. The molecule has 3 aromatic carbocycles. The molecule has 1 aliphatic carbocycles. The molecule has 0 radical (unpaired) electrons. The number of carbonyl (C=O) groups is 3. The average Bonchev–Trinajstić information content (AvgIpc) is 3.23. The molecule has 0 aromatic heterocycles. The fourth-order valence-corrected chi connectivity index (χ4v) is 3.56. The second kappa shape index (κ2) is 12.2. The van der Waals surface area contributed by atoms with Crippen molar-refractivity contribution < 1.29 is 28.6 Å². The van der Waals surface area contributed by atoms with E-state index in [1.807, 2.05) is 48.5 Å². The Bertz CT molecular complexity index is 1110. The largest absolute Gasteiger partial charge is 0.465 e. The molecule has 2 atom stereocenters. The van der Waals surface area contributed by atoms with Crippen molar-refractivity contribution in [3.8, 4) is 11.1 Å². The van der Waals surface area contributed by atoms with Gasteiger partial charge in [-0.2, -0.15) is 0 Å². The van der Waals surface area contributed by atoms with Crippen LogP contribution < -0.4 is 0 Å². The summed E-state index contributed by atoms with van der Waals surface area (Å²) in [5.74, 6) is -0.667. The van der Waals surface area contributed by atoms with Crippen LogP contribution in [-0.2, 0) is 19.0 Å². The smallest absolute Gasteiger partial charge is 0.338 e. The third-order valence-corrected chi connectivity index (χ3v) is 5.34. The maximum Gasteiger partial charge on any atom is 0.338 e. The Morgan fingerprint density at radius 2 is 1.38 bits per heavy atom. The summed E-state index contributed by atoms with van der Waals surface area (Å²) in [4.78, 5) is 33.3. The summed E-state index contributed by atoms with van der Waals surface area (Å²) in [7, 11) is 1.38. The van der Waals surface area contributed by atoms with Crippen LogP contribution in [-0.4, -0.2) is 37.7 Å². The average molecular weight is 459 g/mol. The highest BCUT2D eigenvalue weighted by molar-refractivity contribution is 5.90. The molecule has 0 amide bonds. The minimum Gasteiger partial charge on any atom is -0.465 e. The van der Waals surface area contributed by atoms with Crippen molar-refractivity contribution in [1.82, 2.24) is 0 Å². The molecule has 0 saturated heterocycles. The van der Waals surface area contributed by atoms with Gasteiger partial charge >= 0.3 is 11.9 Å². The zero-order valence-electron chi connectivity index (χ0n) is 18.9. The van der Waals surface area contributed by atoms with E-state index < -0.39 is 0 Å². The standard InChI is InChI=1S/C14H14O4.C14H12O2/c1-10-7-12(8-13(10)17-9-15)18-14(16)11-5-3-2-4-6-11;1-16-14(15)13-9-7-12(8-10-13)11-5-3-2-4-6-11/h2-6,9,12-13H,1,7-8H2;2-10H,1H3/t12-,13-;/m1./s1. The lowest BCUT2D eigenvalue weighted by Crippen LogP contribution is -2.17. The molecule has 3 aromatic rings. The van der Waals surface area contributed by atoms with Gasteiger partial charge in [-0.05, 0) is 41.0 Å². The number of esters is 2. The Morgan fingerprint density at radius 3 is 1.97 bits per heavy atom. The predicted octanol–water partition coefficient (Wildman–Crippen LogP) is 5.24. The van der Waals surface area contributed by atoms with Crippen molar-refractivity contribution >= 4 is 18.4 Å². The molecule has 6 nitrogen and oxygen atoms in total. The van der Waals surface area contributed by atoms with Crippen LogP contribution >= 0.6 is 0 Å². The van der Waals surface area contributed by atoms with Crippen LogP contribution in [0, 0.1) is 0 Å². The van der Waals surface area contributed by atoms with Crippen LogP contribution in [0.3, 0.4) is 0 Å². The number of hydrogen-bond donors (Lipinski definition) is 0. The third kappa shape index (κ3) is 6.65. The van der Waals surface area contributed by atoms with E-state index in [1.165, 1.54) is 7.11 Å². The first-order chi connectivity index (χ1) is 16.5. The molecule has 0 heterocycles. The van der Waals surface area contributed by atoms with Crippen molar-refractivity contribution in [2.24, 2.45) is 0 Å². The minimum absolute atomic E-state index is 0.268. The fourth-order valence-electron chi connectivity index (χ4n) is 3.56. The normalized spacial score (nSPS) is 16.6. The van der Waals surface area contributed by atoms with Gasteiger partial charge in [0.15, 0.2) is 0 Å². The molecule has 0 bridgehead atoms. The zero-order valence-corrected chi connectivity index (χ0v) is 18.9. The SMILES string of the molecule is C=C1C[C@@H](OC(=O)c2ccccc2)C[C@H]1OC=O.COC(=O)c1ccc(-c2ccccc2)cc1. The Balaban J connectivity index is 0.000000192. The van der Waals surface area contributed by atoms with Gasteiger partial charge in [0.05, 0.1) is 18.2 Å². The van der Waals surface area contributed by atoms with Crippen LogP contribution in [0.2, 0.25) is 0 Å². The third-order valence-electron chi connectivity index (χ3n) is 5.34. The van der Waals surface area contributed by atoms with E-state index in [9.17, 15) is 14.4 Å². The molecule has 0 aliphatic heterocycles. The van der Waals surface area contributed by atoms with Crippen molar-refractivity contribution in [1.29, 1.82) is 0 Å². The van der Waals surface area contributed by atoms with Gasteiger partial charge in [-0.25, -0.2) is 9.59 Å². The quantitative estimate of drug-likeness (QED) is 0.217. The van der Waals surface area contributed by atoms with Crippen LogP contribution in [0.1, 0.15) is 33.6 Å². The molecule has 1 aliphatic rings. The van der Waals surface area contributed by atoms with Gasteiger partial charge in [0.1, 0.15) is 12.2 Å². The van der Waals surface area contributed by atoms with E-state index in [0.717, 1.165) is 16.7 Å². The topological polar surface area (TPSA) is 78.9 Å². The lowest BCUT2D eigenvalue weighted by molar-refractivity contribution is -0.132. The maximum absolute atomic E-state index is 11.8. The number of ether oxygens (including phenoxy) is 3. The Labute approximate surface area is 198 Å². The summed E-state index contributed by atoms with van der Waals surface area (Å²) in [6, 6.07) is 26.2. The highest BCUT2D eigenvalue weighted by Gasteiger charge is 2.32. The molecular formula is C28H26O6. The van der Waals surface area contributed by atoms with E-state index in [1.54, 1.807) is 36.4 Å². The summed E-state index contributed by atoms with van der Waals surface area (Å²) in [6.45, 7) is 4.21. The second-order valence-electron chi connectivity index (χ2n) is 7.65. The van der Waals surface area contributed by atoms with E-state index in [4.69, 9.17) is 9.47 Å². The molecule has 0 N–H and O–H groups in total. The second-order valence-corrected chi connectivity index (χ2v) is 7.65. The van der Waals surface area contributed by atoms with E-state index >= 15 is 0 Å². The summed E-state index contributed by atoms with van der Waals surface area (Å²) >= 11 is 0. The Kier molecular flexibility index (Phi) is 8.74. The summed E-state index contributed by atoms with van der Waals surface area (Å²) in [6.07, 6.45) is 0.416. The molecule has 0 spiro atoms. The molecule has 174 valence electrons. The van der Waals surface area contributed by atoms with Gasteiger partial charge in [-0.15, -0.1) is 0 Å². The summed E-state index contributed by atoms with van der Waals surface area (Å²) in [5, 5.41) is 0. The van der Waals surface area contributed by atoms with Gasteiger partial charge in [0.2, 0.25) is 0 Å². The Morgan fingerprint density at radius 1 is 0.824 bits per heavy atom. The Hall–Kier alpha value is -4.19. The molecular weight excluding hydrogens is 432 g/mol. The van der Waals surface area contributed by atoms with Crippen molar-refractivity contribution in [2.45, 2.75) is 25.0 Å². The van der Waals surface area contributed by atoms with Crippen LogP contribution in [0.15, 0.2) is 97.1 Å². The molecule has 1 fully saturated rings. The molecule has 0 unspecified atom stereocenters. The molecule has 34 heavy (non-hydrogen) atoms. The van der Waals surface area contributed by atoms with Crippen molar-refractivity contribution in [3.05, 3.63) is 108 Å². The number of methoxy groups -OCH3 is 1. The number of rotatable bonds is 6. The van der Waals surface area contributed by atoms with Gasteiger partial charge < -0.3 is 14.2 Å². The van der Waals surface area contributed by atoms with Gasteiger partial charge in [0.25, 0.3) is 6.47 Å². The van der Waals surface area contributed by atoms with Gasteiger partial charge in [-0.1, -0.05) is 67.2 Å². The lowest BCUT2D eigenvalue weighted by atomic mass is 10.0. The number of carbonyl (C=O) groups excluding carboxylic acids is 3. The van der Waals surface area contributed by atoms with Crippen LogP contribution in [0.4, 0.5) is 0 Å². The summed E-state index contributed by atoms with van der Waals surface area (Å²) < 4.78 is 14.9. The van der Waals surface area contributed by atoms with Crippen LogP contribution in [0.25, 0.3) is 11.1 Å². The predicted molar refractivity (Wildman–Crippen MR) is 128 cm³/mol. The summed E-state index contributed by atoms with van der Waals surface area (Å²) in [5.41, 5.74) is 4.10. The monoisotopic (exact) mass is 458 g/mol. The van der Waals surface area contributed by atoms with E-state index in [-0.39, 0.29) is 24.1 Å². The first-order valence-electron chi connectivity index (χ1n) is 10.8. The molecule has 6 heteroatoms. The fraction of sp³-hybridized carbons (Fsp3) is 0.179. The maximum atomic E-state index is 11.8. The number of benzene rings is 3. The van der Waals surface area contributed by atoms with E-state index in [2.05, 4.69) is 11.3 Å². The first kappa shape index (κ1) is 24.5. The lowest BCUT2D eigenvalue weighted by Gasteiger charge is -2.11.